The molecule has 1 aliphatic rings. The van der Waals surface area contributed by atoms with E-state index in [2.05, 4.69) is 10.4 Å². The molecule has 1 amide bonds. The van der Waals surface area contributed by atoms with Gasteiger partial charge in [0.25, 0.3) is 5.91 Å². The molecule has 6 nitrogen and oxygen atoms in total. The molecular formula is C17H23N3O3. The Morgan fingerprint density at radius 3 is 2.48 bits per heavy atom. The molecule has 1 aromatic carbocycles. The maximum absolute atomic E-state index is 12.4. The molecule has 1 heterocycles. The highest BCUT2D eigenvalue weighted by Gasteiger charge is 2.34. The van der Waals surface area contributed by atoms with Crippen LogP contribution in [0.5, 0.6) is 0 Å². The van der Waals surface area contributed by atoms with Crippen LogP contribution in [0.3, 0.4) is 0 Å². The van der Waals surface area contributed by atoms with E-state index < -0.39 is 11.5 Å². The SMILES string of the molecule is CC[C@@](C)(NC(=O)c1ccc(N2CCC(C)=N2)cc1)C(=O)OC. The summed E-state index contributed by atoms with van der Waals surface area (Å²) in [4.78, 5) is 24.2. The van der Waals surface area contributed by atoms with Crippen molar-refractivity contribution in [1.82, 2.24) is 5.32 Å². The summed E-state index contributed by atoms with van der Waals surface area (Å²) < 4.78 is 4.76. The molecule has 1 aromatic rings. The van der Waals surface area contributed by atoms with Crippen molar-refractivity contribution in [1.29, 1.82) is 0 Å². The van der Waals surface area contributed by atoms with Gasteiger partial charge in [-0.3, -0.25) is 9.80 Å². The van der Waals surface area contributed by atoms with Gasteiger partial charge in [0, 0.05) is 24.2 Å². The predicted molar refractivity (Wildman–Crippen MR) is 89.7 cm³/mol. The van der Waals surface area contributed by atoms with Gasteiger partial charge in [0.1, 0.15) is 5.54 Å². The van der Waals surface area contributed by atoms with Crippen molar-refractivity contribution in [2.24, 2.45) is 5.10 Å². The van der Waals surface area contributed by atoms with Crippen LogP contribution in [-0.4, -0.2) is 36.8 Å². The summed E-state index contributed by atoms with van der Waals surface area (Å²) in [6.07, 6.45) is 1.40. The summed E-state index contributed by atoms with van der Waals surface area (Å²) >= 11 is 0. The Morgan fingerprint density at radius 1 is 1.35 bits per heavy atom. The van der Waals surface area contributed by atoms with E-state index in [9.17, 15) is 9.59 Å². The summed E-state index contributed by atoms with van der Waals surface area (Å²) in [7, 11) is 1.32. The lowest BCUT2D eigenvalue weighted by Gasteiger charge is -2.26. The average Bonchev–Trinajstić information content (AvgIpc) is 3.00. The highest BCUT2D eigenvalue weighted by Crippen LogP contribution is 2.20. The number of nitrogens with one attached hydrogen (secondary N) is 1. The number of carbonyl (C=O) groups is 2. The van der Waals surface area contributed by atoms with Crippen LogP contribution in [0, 0.1) is 0 Å². The molecule has 2 rings (SSSR count). The van der Waals surface area contributed by atoms with E-state index in [1.165, 1.54) is 7.11 Å². The van der Waals surface area contributed by atoms with Gasteiger partial charge in [0.05, 0.1) is 12.8 Å². The van der Waals surface area contributed by atoms with Gasteiger partial charge in [0.2, 0.25) is 0 Å². The van der Waals surface area contributed by atoms with E-state index in [4.69, 9.17) is 4.74 Å². The van der Waals surface area contributed by atoms with E-state index in [1.54, 1.807) is 19.1 Å². The van der Waals surface area contributed by atoms with Gasteiger partial charge in [-0.1, -0.05) is 6.92 Å². The maximum atomic E-state index is 12.4. The second kappa shape index (κ2) is 6.81. The van der Waals surface area contributed by atoms with Crippen molar-refractivity contribution in [2.45, 2.75) is 39.2 Å². The molecule has 0 fully saturated rings. The third kappa shape index (κ3) is 3.70. The van der Waals surface area contributed by atoms with Crippen molar-refractivity contribution >= 4 is 23.3 Å². The van der Waals surface area contributed by atoms with Crippen LogP contribution in [0.15, 0.2) is 29.4 Å². The Bertz CT molecular complexity index is 624. The van der Waals surface area contributed by atoms with Gasteiger partial charge in [-0.05, 0) is 44.5 Å². The first-order chi connectivity index (χ1) is 10.9. The van der Waals surface area contributed by atoms with E-state index in [-0.39, 0.29) is 5.91 Å². The number of methoxy groups -OCH3 is 1. The fourth-order valence-electron chi connectivity index (χ4n) is 2.38. The highest BCUT2D eigenvalue weighted by atomic mass is 16.5. The number of hydrogen-bond acceptors (Lipinski definition) is 5. The number of amides is 1. The normalized spacial score (nSPS) is 16.5. The van der Waals surface area contributed by atoms with E-state index >= 15 is 0 Å². The molecular weight excluding hydrogens is 294 g/mol. The molecule has 23 heavy (non-hydrogen) atoms. The fraction of sp³-hybridized carbons (Fsp3) is 0.471. The second-order valence-corrected chi connectivity index (χ2v) is 5.89. The monoisotopic (exact) mass is 317 g/mol. The summed E-state index contributed by atoms with van der Waals surface area (Å²) in [6, 6.07) is 7.19. The van der Waals surface area contributed by atoms with Crippen LogP contribution < -0.4 is 10.3 Å². The first-order valence-electron chi connectivity index (χ1n) is 7.72. The molecule has 0 radical (unpaired) electrons. The Kier molecular flexibility index (Phi) is 5.03. The number of anilines is 1. The molecule has 0 saturated heterocycles. The molecule has 6 heteroatoms. The lowest BCUT2D eigenvalue weighted by molar-refractivity contribution is -0.147. The van der Waals surface area contributed by atoms with Crippen LogP contribution in [0.2, 0.25) is 0 Å². The van der Waals surface area contributed by atoms with Crippen molar-refractivity contribution in [3.63, 3.8) is 0 Å². The molecule has 1 N–H and O–H groups in total. The number of esters is 1. The van der Waals surface area contributed by atoms with E-state index in [1.807, 2.05) is 31.0 Å². The Labute approximate surface area is 136 Å². The van der Waals surface area contributed by atoms with Crippen LogP contribution >= 0.6 is 0 Å². The smallest absolute Gasteiger partial charge is 0.331 e. The van der Waals surface area contributed by atoms with Crippen LogP contribution in [0.4, 0.5) is 5.69 Å². The summed E-state index contributed by atoms with van der Waals surface area (Å²) in [5, 5.41) is 9.10. The Balaban J connectivity index is 2.10. The van der Waals surface area contributed by atoms with Crippen molar-refractivity contribution < 1.29 is 14.3 Å². The van der Waals surface area contributed by atoms with Gasteiger partial charge in [-0.25, -0.2) is 4.79 Å². The third-order valence-corrected chi connectivity index (χ3v) is 4.14. The molecule has 0 bridgehead atoms. The van der Waals surface area contributed by atoms with E-state index in [0.29, 0.717) is 12.0 Å². The number of carbonyl (C=O) groups excluding carboxylic acids is 2. The number of benzene rings is 1. The van der Waals surface area contributed by atoms with Gasteiger partial charge in [-0.15, -0.1) is 0 Å². The van der Waals surface area contributed by atoms with Crippen molar-refractivity contribution in [2.75, 3.05) is 18.7 Å². The zero-order chi connectivity index (χ0) is 17.0. The first kappa shape index (κ1) is 17.0. The van der Waals surface area contributed by atoms with Crippen molar-refractivity contribution in [3.8, 4) is 0 Å². The minimum absolute atomic E-state index is 0.299. The van der Waals surface area contributed by atoms with Gasteiger partial charge in [-0.2, -0.15) is 5.10 Å². The van der Waals surface area contributed by atoms with E-state index in [0.717, 1.165) is 24.4 Å². The molecule has 0 saturated carbocycles. The molecule has 0 spiro atoms. The largest absolute Gasteiger partial charge is 0.467 e. The molecule has 1 atom stereocenters. The topological polar surface area (TPSA) is 71.0 Å². The van der Waals surface area contributed by atoms with Crippen molar-refractivity contribution in [3.05, 3.63) is 29.8 Å². The molecule has 0 aromatic heterocycles. The number of hydrazone groups is 1. The molecule has 0 unspecified atom stereocenters. The summed E-state index contributed by atoms with van der Waals surface area (Å²) in [5.74, 6) is -0.751. The van der Waals surface area contributed by atoms with Crippen LogP contribution in [0.1, 0.15) is 44.0 Å². The second-order valence-electron chi connectivity index (χ2n) is 5.89. The zero-order valence-corrected chi connectivity index (χ0v) is 14.0. The van der Waals surface area contributed by atoms with Crippen LogP contribution in [0.25, 0.3) is 0 Å². The lowest BCUT2D eigenvalue weighted by Crippen LogP contribution is -2.52. The Morgan fingerprint density at radius 2 is 2.00 bits per heavy atom. The minimum Gasteiger partial charge on any atom is -0.467 e. The Hall–Kier alpha value is -2.37. The number of nitrogens with zero attached hydrogens (tertiary/aromatic N) is 2. The summed E-state index contributed by atoms with van der Waals surface area (Å²) in [5.41, 5.74) is 1.52. The standard InChI is InChI=1S/C17H23N3O3/c1-5-17(3,16(22)23-4)18-15(21)13-6-8-14(9-7-13)20-11-10-12(2)19-20/h6-9H,5,10-11H2,1-4H3,(H,18,21)/t17-/m1/s1. The van der Waals surface area contributed by atoms with Gasteiger partial charge in [0.15, 0.2) is 0 Å². The number of hydrogen-bond donors (Lipinski definition) is 1. The zero-order valence-electron chi connectivity index (χ0n) is 14.0. The average molecular weight is 317 g/mol. The lowest BCUT2D eigenvalue weighted by atomic mass is 9.98. The molecule has 1 aliphatic heterocycles. The van der Waals surface area contributed by atoms with Gasteiger partial charge >= 0.3 is 5.97 Å². The minimum atomic E-state index is -1.03. The first-order valence-corrected chi connectivity index (χ1v) is 7.72. The van der Waals surface area contributed by atoms with Gasteiger partial charge < -0.3 is 10.1 Å². The fourth-order valence-corrected chi connectivity index (χ4v) is 2.38. The molecule has 124 valence electrons. The number of ether oxygens (including phenoxy) is 1. The maximum Gasteiger partial charge on any atom is 0.331 e. The summed E-state index contributed by atoms with van der Waals surface area (Å²) in [6.45, 7) is 6.34. The third-order valence-electron chi connectivity index (χ3n) is 4.14. The quantitative estimate of drug-likeness (QED) is 0.846. The van der Waals surface area contributed by atoms with Crippen LogP contribution in [-0.2, 0) is 9.53 Å². The predicted octanol–water partition coefficient (Wildman–Crippen LogP) is 2.34. The molecule has 0 aliphatic carbocycles. The highest BCUT2D eigenvalue weighted by molar-refractivity contribution is 5.98. The number of rotatable bonds is 5.